The van der Waals surface area contributed by atoms with E-state index < -0.39 is 18.3 Å². The van der Waals surface area contributed by atoms with Crippen LogP contribution in [0.25, 0.3) is 0 Å². The Morgan fingerprint density at radius 1 is 0.658 bits per heavy atom. The number of allylic oxidation sites excluding steroid dienone is 4. The maximum absolute atomic E-state index is 9.98. The van der Waals surface area contributed by atoms with E-state index in [1.54, 1.807) is 41.5 Å². The predicted molar refractivity (Wildman–Crippen MR) is 140 cm³/mol. The van der Waals surface area contributed by atoms with Crippen molar-refractivity contribution in [2.24, 2.45) is 0 Å². The summed E-state index contributed by atoms with van der Waals surface area (Å²) in [6.07, 6.45) is 8.11. The third kappa shape index (κ3) is 12.2. The van der Waals surface area contributed by atoms with E-state index in [0.717, 1.165) is 4.22 Å². The van der Waals surface area contributed by atoms with E-state index in [-0.39, 0.29) is 0 Å². The fourth-order valence-corrected chi connectivity index (χ4v) is 5.56. The van der Waals surface area contributed by atoms with Crippen LogP contribution in [0.2, 0.25) is 4.22 Å². The van der Waals surface area contributed by atoms with Gasteiger partial charge in [0.2, 0.25) is 0 Å². The molecule has 0 radical (unpaired) electrons. The first-order valence-corrected chi connectivity index (χ1v) is 14.9. The van der Waals surface area contributed by atoms with Crippen molar-refractivity contribution in [1.29, 1.82) is 0 Å². The zero-order valence-corrected chi connectivity index (χ0v) is 25.8. The van der Waals surface area contributed by atoms with E-state index in [1.165, 1.54) is 66.1 Å². The van der Waals surface area contributed by atoms with E-state index in [4.69, 9.17) is 0 Å². The van der Waals surface area contributed by atoms with Crippen LogP contribution in [0, 0.1) is 0 Å². The van der Waals surface area contributed by atoms with Gasteiger partial charge in [-0.15, -0.1) is 0 Å². The summed E-state index contributed by atoms with van der Waals surface area (Å²) in [6.45, 7) is 13.7. The fourth-order valence-electron chi connectivity index (χ4n) is 4.81. The van der Waals surface area contributed by atoms with Crippen LogP contribution < -0.4 is 15.3 Å². The molecule has 1 atom stereocenters. The average Bonchev–Trinajstić information content (AvgIpc) is 3.27. The van der Waals surface area contributed by atoms with E-state index in [9.17, 15) is 29.7 Å². The Balaban J connectivity index is 0.000000506. The van der Waals surface area contributed by atoms with Gasteiger partial charge < -0.3 is 44.4 Å². The molecule has 0 saturated carbocycles. The summed E-state index contributed by atoms with van der Waals surface area (Å²) in [5.41, 5.74) is 7.30. The Morgan fingerprint density at radius 3 is 1.37 bits per heavy atom. The average molecular weight is 570 g/mol. The molecule has 0 saturated heterocycles. The Bertz CT molecular complexity index is 750. The monoisotopic (exact) mass is 569 g/mol. The maximum atomic E-state index is 9.98. The molecule has 0 fully saturated rings. The molecule has 3 aliphatic carbocycles. The second kappa shape index (κ2) is 20.0. The van der Waals surface area contributed by atoms with Crippen molar-refractivity contribution in [3.05, 3.63) is 22.3 Å². The summed E-state index contributed by atoms with van der Waals surface area (Å²) in [7, 11) is 0. The molecule has 3 aliphatic rings. The van der Waals surface area contributed by atoms with Gasteiger partial charge in [0, 0.05) is 39.3 Å². The molecule has 0 aromatic carbocycles. The first kappa shape index (κ1) is 36.0. The van der Waals surface area contributed by atoms with Crippen LogP contribution in [0.4, 0.5) is 14.4 Å². The van der Waals surface area contributed by atoms with Crippen LogP contribution in [-0.4, -0.2) is 72.2 Å². The van der Waals surface area contributed by atoms with Gasteiger partial charge in [-0.25, -0.2) is 0 Å². The van der Waals surface area contributed by atoms with Crippen molar-refractivity contribution in [3.8, 4) is 0 Å². The second-order valence-electron chi connectivity index (χ2n) is 9.23. The van der Waals surface area contributed by atoms with Crippen LogP contribution in [0.5, 0.6) is 0 Å². The molecule has 3 rings (SSSR count). The molecule has 0 N–H and O–H groups in total. The second-order valence-corrected chi connectivity index (χ2v) is 10.3. The summed E-state index contributed by atoms with van der Waals surface area (Å²) in [6, 6.07) is 0. The van der Waals surface area contributed by atoms with Gasteiger partial charge in [-0.1, -0.05) is 0 Å². The Labute approximate surface area is 241 Å². The number of carbonyl (C=O) groups excluding carboxylic acids is 3. The molecule has 0 aliphatic heterocycles. The molecule has 0 bridgehead atoms. The fraction of sp³-hybridized carbons (Fsp3) is 0.750. The van der Waals surface area contributed by atoms with Crippen molar-refractivity contribution < 1.29 is 50.1 Å². The molecule has 0 aromatic rings. The molecule has 0 aromatic heterocycles. The quantitative estimate of drug-likeness (QED) is 0.452. The number of carboxylic acid groups (broad SMARTS) is 3. The Kier molecular flexibility index (Phi) is 18.9. The standard InChI is InChI=1S/C13H17.3C5H11NO2.Ti/c1-3-7-12-10(5-1)9-11-6-2-4-8-13(11)12;3*1-3-6(4-2)5(7)8;/h5H,1-4,6-9H2;3*3-4H2,1-2H3,(H,7,8);/q;;;;+3/p-3. The molecular weight excluding hydrogens is 522 g/mol. The summed E-state index contributed by atoms with van der Waals surface area (Å²) in [4.78, 5) is 33.6. The first-order valence-electron chi connectivity index (χ1n) is 14.0. The topological polar surface area (TPSA) is 130 Å². The molecule has 0 spiro atoms. The molecular formula is C28H47N3O6Ti. The van der Waals surface area contributed by atoms with Crippen molar-refractivity contribution in [3.63, 3.8) is 0 Å². The molecule has 1 unspecified atom stereocenters. The predicted octanol–water partition coefficient (Wildman–Crippen LogP) is 3.09. The van der Waals surface area contributed by atoms with Crippen molar-refractivity contribution >= 4 is 18.3 Å². The molecule has 3 amide bonds. The summed E-state index contributed by atoms with van der Waals surface area (Å²) < 4.78 is 0.893. The zero-order valence-electron chi connectivity index (χ0n) is 24.3. The van der Waals surface area contributed by atoms with Crippen molar-refractivity contribution in [1.82, 2.24) is 14.7 Å². The Hall–Kier alpha value is -2.00. The molecule has 10 heteroatoms. The van der Waals surface area contributed by atoms with Gasteiger partial charge in [-0.2, -0.15) is 0 Å². The molecule has 38 heavy (non-hydrogen) atoms. The summed E-state index contributed by atoms with van der Waals surface area (Å²) in [5, 5.41) is 29.9. The van der Waals surface area contributed by atoms with Gasteiger partial charge in [0.1, 0.15) is 18.3 Å². The number of fused-ring (bicyclic) bond motifs is 1. The van der Waals surface area contributed by atoms with Crippen LogP contribution >= 0.6 is 0 Å². The van der Waals surface area contributed by atoms with Gasteiger partial charge in [-0.05, 0) is 41.5 Å². The number of nitrogens with zero attached hydrogens (tertiary/aromatic N) is 3. The van der Waals surface area contributed by atoms with Gasteiger partial charge >= 0.3 is 98.3 Å². The third-order valence-corrected chi connectivity index (χ3v) is 8.14. The van der Waals surface area contributed by atoms with Gasteiger partial charge in [-0.3, -0.25) is 0 Å². The normalized spacial score (nSPS) is 17.3. The summed E-state index contributed by atoms with van der Waals surface area (Å²) in [5.74, 6) is 0. The minimum atomic E-state index is -1.09. The third-order valence-electron chi connectivity index (χ3n) is 7.14. The Morgan fingerprint density at radius 2 is 1.03 bits per heavy atom. The van der Waals surface area contributed by atoms with Gasteiger partial charge in [0.05, 0.1) is 0 Å². The number of hydrogen-bond acceptors (Lipinski definition) is 6. The van der Waals surface area contributed by atoms with Crippen LogP contribution in [0.3, 0.4) is 0 Å². The van der Waals surface area contributed by atoms with Crippen LogP contribution in [-0.2, 0) is 20.4 Å². The number of rotatable bonds is 6. The number of amides is 3. The SMILES string of the molecule is CCN(CC)C(=O)[O-].CCN(CC)C(=O)[O-].CCN(CC)C(=O)[O-].[Ti+3][CH]1CCCC2=C1CC1=C2CCCC1. The van der Waals surface area contributed by atoms with Gasteiger partial charge in [0.15, 0.2) is 0 Å². The zero-order chi connectivity index (χ0) is 29.3. The molecule has 0 heterocycles. The van der Waals surface area contributed by atoms with Crippen molar-refractivity contribution in [2.45, 2.75) is 97.1 Å². The van der Waals surface area contributed by atoms with E-state index in [0.29, 0.717) is 39.3 Å². The minimum absolute atomic E-state index is 0.513. The van der Waals surface area contributed by atoms with E-state index in [2.05, 4.69) is 20.4 Å². The van der Waals surface area contributed by atoms with E-state index >= 15 is 0 Å². The first-order chi connectivity index (χ1) is 18.0. The van der Waals surface area contributed by atoms with E-state index in [1.807, 2.05) is 22.3 Å². The van der Waals surface area contributed by atoms with Crippen LogP contribution in [0.1, 0.15) is 92.9 Å². The van der Waals surface area contributed by atoms with Gasteiger partial charge in [0.25, 0.3) is 0 Å². The van der Waals surface area contributed by atoms with Crippen molar-refractivity contribution in [2.75, 3.05) is 39.3 Å². The molecule has 214 valence electrons. The van der Waals surface area contributed by atoms with Crippen LogP contribution in [0.15, 0.2) is 22.3 Å². The number of hydrogen-bond donors (Lipinski definition) is 0. The number of carbonyl (C=O) groups is 3. The molecule has 9 nitrogen and oxygen atoms in total. The summed E-state index contributed by atoms with van der Waals surface area (Å²) >= 11 is 2.44.